The normalized spacial score (nSPS) is 30.6. The molecule has 1 aromatic heterocycles. The van der Waals surface area contributed by atoms with Gasteiger partial charge in [0, 0.05) is 41.9 Å². The number of carbonyl (C=O) groups excluding carboxylic acids is 2. The van der Waals surface area contributed by atoms with Crippen molar-refractivity contribution in [3.05, 3.63) is 11.0 Å². The Morgan fingerprint density at radius 1 is 1.29 bits per heavy atom. The first-order valence-corrected chi connectivity index (χ1v) is 14.6. The number of halogens is 1. The second-order valence-corrected chi connectivity index (χ2v) is 12.5. The van der Waals surface area contributed by atoms with Crippen molar-refractivity contribution in [3.63, 3.8) is 0 Å². The number of carbonyl (C=O) groups is 2. The molecule has 3 aliphatic rings. The maximum atomic E-state index is 12.6. The van der Waals surface area contributed by atoms with Gasteiger partial charge in [0.25, 0.3) is 0 Å². The van der Waals surface area contributed by atoms with E-state index in [4.69, 9.17) is 26.6 Å². The maximum Gasteiger partial charge on any atom is 0.508 e. The fourth-order valence-corrected chi connectivity index (χ4v) is 7.65. The molecule has 35 heavy (non-hydrogen) atoms. The van der Waals surface area contributed by atoms with Crippen LogP contribution in [-0.2, 0) is 18.6 Å². The largest absolute Gasteiger partial charge is 0.508 e. The summed E-state index contributed by atoms with van der Waals surface area (Å²) in [4.78, 5) is 34.9. The smallest absolute Gasteiger partial charge is 0.457 e. The van der Waals surface area contributed by atoms with E-state index in [0.717, 1.165) is 23.5 Å². The molecule has 0 radical (unpaired) electrons. The first-order valence-electron chi connectivity index (χ1n) is 10.9. The molecule has 7 atom stereocenters. The molecule has 0 aromatic carbocycles. The van der Waals surface area contributed by atoms with E-state index < -0.39 is 31.0 Å². The average molecular weight is 564 g/mol. The van der Waals surface area contributed by atoms with Gasteiger partial charge in [-0.25, -0.2) is 9.78 Å². The number of hydrogen-bond acceptors (Lipinski definition) is 13. The number of aliphatic hydroxyl groups is 2. The lowest BCUT2D eigenvalue weighted by Crippen LogP contribution is -2.36. The lowest BCUT2D eigenvalue weighted by molar-refractivity contribution is -0.109. The quantitative estimate of drug-likeness (QED) is 0.164. The van der Waals surface area contributed by atoms with Gasteiger partial charge in [0.05, 0.1) is 17.9 Å². The van der Waals surface area contributed by atoms with Crippen LogP contribution in [0.5, 0.6) is 0 Å². The van der Waals surface area contributed by atoms with Gasteiger partial charge in [0.2, 0.25) is 5.28 Å². The highest BCUT2D eigenvalue weighted by molar-refractivity contribution is 8.13. The maximum absolute atomic E-state index is 12.6. The Morgan fingerprint density at radius 3 is 2.77 bits per heavy atom. The summed E-state index contributed by atoms with van der Waals surface area (Å²) < 4.78 is 23.0. The van der Waals surface area contributed by atoms with Crippen LogP contribution in [0.3, 0.4) is 0 Å². The Morgan fingerprint density at radius 2 is 2.03 bits per heavy atom. The number of nitrogen functional groups attached to an aromatic ring is 1. The molecule has 2 saturated carbocycles. The summed E-state index contributed by atoms with van der Waals surface area (Å²) in [7, 11) is -2.12. The van der Waals surface area contributed by atoms with Crippen LogP contribution in [-0.4, -0.2) is 79.9 Å². The molecule has 2 unspecified atom stereocenters. The van der Waals surface area contributed by atoms with E-state index in [1.54, 1.807) is 6.21 Å². The minimum absolute atomic E-state index is 0.0139. The molecule has 2 fully saturated rings. The van der Waals surface area contributed by atoms with Crippen molar-refractivity contribution in [2.45, 2.75) is 31.5 Å². The monoisotopic (exact) mass is 563 g/mol. The van der Waals surface area contributed by atoms with Crippen LogP contribution in [0.15, 0.2) is 4.99 Å². The summed E-state index contributed by atoms with van der Waals surface area (Å²) in [5.74, 6) is -0.0567. The Kier molecular flexibility index (Phi) is 8.36. The van der Waals surface area contributed by atoms with Crippen LogP contribution in [0.4, 0.5) is 16.3 Å². The van der Waals surface area contributed by atoms with Gasteiger partial charge in [-0.05, 0) is 40.3 Å². The van der Waals surface area contributed by atoms with Crippen molar-refractivity contribution in [3.8, 4) is 0 Å². The number of nitrogens with zero attached hydrogens (tertiary/aromatic N) is 3. The molecular formula is C20H25ClN4O7PS2+. The predicted molar refractivity (Wildman–Crippen MR) is 134 cm³/mol. The molecule has 1 aliphatic heterocycles. The third kappa shape index (κ3) is 5.66. The number of hydrogen-bond donors (Lipinski definition) is 3. The molecule has 4 N–H and O–H groups in total. The number of aliphatic imine (C=N–C) groups is 1. The number of aromatic nitrogens is 2. The lowest BCUT2D eigenvalue weighted by Gasteiger charge is -2.25. The molecule has 0 saturated heterocycles. The van der Waals surface area contributed by atoms with E-state index in [9.17, 15) is 24.4 Å². The van der Waals surface area contributed by atoms with E-state index in [1.165, 1.54) is 6.92 Å². The van der Waals surface area contributed by atoms with E-state index in [-0.39, 0.29) is 59.1 Å². The zero-order valence-electron chi connectivity index (χ0n) is 18.7. The van der Waals surface area contributed by atoms with Crippen molar-refractivity contribution in [1.82, 2.24) is 9.97 Å². The van der Waals surface area contributed by atoms with Crippen molar-refractivity contribution >= 4 is 71.3 Å². The third-order valence-electron chi connectivity index (χ3n) is 6.53. The van der Waals surface area contributed by atoms with Crippen LogP contribution < -0.4 is 5.73 Å². The number of rotatable bonds is 10. The lowest BCUT2D eigenvalue weighted by atomic mass is 9.84. The molecule has 0 bridgehead atoms. The summed E-state index contributed by atoms with van der Waals surface area (Å²) in [5.41, 5.74) is 6.12. The molecule has 0 spiro atoms. The molecule has 11 nitrogen and oxygen atoms in total. The highest BCUT2D eigenvalue weighted by Gasteiger charge is 2.75. The van der Waals surface area contributed by atoms with Crippen LogP contribution in [0.2, 0.25) is 5.28 Å². The summed E-state index contributed by atoms with van der Waals surface area (Å²) in [5, 5.41) is 21.1. The van der Waals surface area contributed by atoms with Crippen LogP contribution in [0.1, 0.15) is 25.0 Å². The zero-order valence-corrected chi connectivity index (χ0v) is 22.0. The summed E-state index contributed by atoms with van der Waals surface area (Å²) in [6.07, 6.45) is 0.216. The van der Waals surface area contributed by atoms with E-state index in [1.807, 2.05) is 0 Å². The van der Waals surface area contributed by atoms with Crippen LogP contribution in [0, 0.1) is 17.3 Å². The summed E-state index contributed by atoms with van der Waals surface area (Å²) in [6, 6.07) is 0. The molecule has 190 valence electrons. The van der Waals surface area contributed by atoms with Gasteiger partial charge < -0.3 is 20.7 Å². The summed E-state index contributed by atoms with van der Waals surface area (Å²) in [6.45, 7) is 1.65. The predicted octanol–water partition coefficient (Wildman–Crippen LogP) is 2.78. The number of fused-ring (bicyclic) bond motifs is 2. The molecule has 1 aromatic rings. The Balaban J connectivity index is 1.26. The minimum atomic E-state index is -2.12. The first kappa shape index (κ1) is 26.7. The van der Waals surface area contributed by atoms with E-state index >= 15 is 0 Å². The second kappa shape index (κ2) is 11.0. The number of ether oxygens (including phenoxy) is 1. The fraction of sp³-hybridized carbons (Fsp3) is 0.650. The van der Waals surface area contributed by atoms with Gasteiger partial charge in [-0.3, -0.25) is 9.79 Å². The topological polar surface area (TPSA) is 174 Å². The van der Waals surface area contributed by atoms with Gasteiger partial charge in [-0.2, -0.15) is 4.98 Å². The number of nitrogens with two attached hydrogens (primary N) is 1. The molecule has 0 amide bonds. The number of aliphatic hydroxyl groups excluding tert-OH is 2. The molecule has 4 rings (SSSR count). The van der Waals surface area contributed by atoms with E-state index in [0.29, 0.717) is 23.6 Å². The molecular weight excluding hydrogens is 539 g/mol. The SMILES string of the molecule is CC(=O)SCCOC(=O)SCCO[P+](=O)C[C@]12C[C@@H]1[C@@H](C1C=Nc3c(N)nc(Cl)nc31)[C@H](O)[C@@H]2O. The molecule has 15 heteroatoms. The standard InChI is InChI=1S/C20H25ClN4O7PS2/c1-9(26)34-4-2-31-19(29)35-5-3-32-33(30)8-20-6-11(20)12(15(27)16(20)28)10-7-23-14-13(10)24-18(21)25-17(14)22/h7,10-12,15-16,27-28H,2-6,8H2,1H3,(H2,22,24,25)/q+1/t10?,11-,12-,15+,16+,20-/m1/s1. The first-order chi connectivity index (χ1) is 16.6. The van der Waals surface area contributed by atoms with Crippen LogP contribution in [0.25, 0.3) is 0 Å². The molecule has 2 aliphatic carbocycles. The summed E-state index contributed by atoms with van der Waals surface area (Å²) >= 11 is 7.94. The third-order valence-corrected chi connectivity index (χ3v) is 9.51. The fourth-order valence-electron chi connectivity index (χ4n) is 4.97. The second-order valence-electron chi connectivity index (χ2n) is 8.58. The van der Waals surface area contributed by atoms with Gasteiger partial charge in [0.1, 0.15) is 18.9 Å². The molecule has 2 heterocycles. The number of thioether (sulfide) groups is 2. The van der Waals surface area contributed by atoms with Gasteiger partial charge in [0.15, 0.2) is 17.1 Å². The highest BCUT2D eigenvalue weighted by Crippen LogP contribution is 2.71. The number of anilines is 1. The average Bonchev–Trinajstić information content (AvgIpc) is 3.26. The van der Waals surface area contributed by atoms with Crippen LogP contribution >= 0.6 is 43.2 Å². The Bertz CT molecular complexity index is 1070. The van der Waals surface area contributed by atoms with Gasteiger partial charge in [-0.15, -0.1) is 4.52 Å². The van der Waals surface area contributed by atoms with Gasteiger partial charge in [-0.1, -0.05) is 11.8 Å². The highest BCUT2D eigenvalue weighted by atomic mass is 35.5. The Labute approximate surface area is 215 Å². The van der Waals surface area contributed by atoms with E-state index in [2.05, 4.69) is 15.0 Å². The van der Waals surface area contributed by atoms with Crippen molar-refractivity contribution in [2.24, 2.45) is 22.2 Å². The zero-order chi connectivity index (χ0) is 25.3. The van der Waals surface area contributed by atoms with Crippen molar-refractivity contribution < 1.29 is 33.6 Å². The van der Waals surface area contributed by atoms with Crippen molar-refractivity contribution in [2.75, 3.05) is 36.6 Å². The minimum Gasteiger partial charge on any atom is -0.457 e. The van der Waals surface area contributed by atoms with Gasteiger partial charge >= 0.3 is 13.3 Å². The Hall–Kier alpha value is -1.34. The van der Waals surface area contributed by atoms with Crippen molar-refractivity contribution in [1.29, 1.82) is 0 Å².